The number of nitrogens with one attached hydrogen (secondary N) is 3. The first-order valence-corrected chi connectivity index (χ1v) is 8.43. The van der Waals surface area contributed by atoms with E-state index in [1.54, 1.807) is 43.4 Å². The summed E-state index contributed by atoms with van der Waals surface area (Å²) in [6, 6.07) is 14.0. The molecule has 0 saturated carbocycles. The van der Waals surface area contributed by atoms with Crippen molar-refractivity contribution in [3.05, 3.63) is 59.1 Å². The van der Waals surface area contributed by atoms with E-state index in [2.05, 4.69) is 16.0 Å². The molecule has 5 nitrogen and oxygen atoms in total. The molecule has 6 heteroatoms. The number of carbonyl (C=O) groups is 2. The number of anilines is 2. The predicted molar refractivity (Wildman–Crippen MR) is 102 cm³/mol. The lowest BCUT2D eigenvalue weighted by atomic mass is 9.87. The highest BCUT2D eigenvalue weighted by molar-refractivity contribution is 6.30. The van der Waals surface area contributed by atoms with Crippen LogP contribution in [0.2, 0.25) is 5.02 Å². The van der Waals surface area contributed by atoms with Gasteiger partial charge in [0.1, 0.15) is 0 Å². The van der Waals surface area contributed by atoms with Gasteiger partial charge in [-0.2, -0.15) is 0 Å². The summed E-state index contributed by atoms with van der Waals surface area (Å²) in [4.78, 5) is 24.0. The molecule has 0 saturated heterocycles. The minimum atomic E-state index is -0.292. The molecule has 0 fully saturated rings. The van der Waals surface area contributed by atoms with Crippen LogP contribution < -0.4 is 16.0 Å². The SMILES string of the molecule is CNC(=O)Nc1ccc(NC(=O)C(c2ccc(Cl)cc2)C(C)C)cc1. The van der Waals surface area contributed by atoms with Crippen molar-refractivity contribution in [3.63, 3.8) is 0 Å². The van der Waals surface area contributed by atoms with Crippen LogP contribution in [-0.2, 0) is 4.79 Å². The maximum atomic E-state index is 12.7. The van der Waals surface area contributed by atoms with E-state index in [0.29, 0.717) is 16.4 Å². The zero-order valence-electron chi connectivity index (χ0n) is 14.5. The number of rotatable bonds is 5. The topological polar surface area (TPSA) is 70.2 Å². The first-order valence-electron chi connectivity index (χ1n) is 8.06. The molecule has 0 radical (unpaired) electrons. The summed E-state index contributed by atoms with van der Waals surface area (Å²) < 4.78 is 0. The molecule has 2 aromatic carbocycles. The lowest BCUT2D eigenvalue weighted by molar-refractivity contribution is -0.118. The molecular weight excluding hydrogens is 338 g/mol. The molecule has 1 unspecified atom stereocenters. The summed E-state index contributed by atoms with van der Waals surface area (Å²) in [5, 5.41) is 8.72. The zero-order chi connectivity index (χ0) is 18.4. The number of carbonyl (C=O) groups excluding carboxylic acids is 2. The Hall–Kier alpha value is -2.53. The normalized spacial score (nSPS) is 11.7. The second-order valence-electron chi connectivity index (χ2n) is 6.04. The number of halogens is 1. The van der Waals surface area contributed by atoms with Gasteiger partial charge in [-0.25, -0.2) is 4.79 Å². The van der Waals surface area contributed by atoms with E-state index in [1.165, 1.54) is 0 Å². The predicted octanol–water partition coefficient (Wildman–Crippen LogP) is 4.47. The van der Waals surface area contributed by atoms with Crippen LogP contribution >= 0.6 is 11.6 Å². The lowest BCUT2D eigenvalue weighted by Crippen LogP contribution is -2.25. The molecule has 0 spiro atoms. The fourth-order valence-electron chi connectivity index (χ4n) is 2.56. The third-order valence-corrected chi connectivity index (χ3v) is 4.07. The van der Waals surface area contributed by atoms with Crippen LogP contribution in [0.25, 0.3) is 0 Å². The summed E-state index contributed by atoms with van der Waals surface area (Å²) in [7, 11) is 1.55. The molecule has 0 aliphatic carbocycles. The molecule has 2 rings (SSSR count). The number of urea groups is 1. The lowest BCUT2D eigenvalue weighted by Gasteiger charge is -2.21. The van der Waals surface area contributed by atoms with E-state index in [9.17, 15) is 9.59 Å². The van der Waals surface area contributed by atoms with Gasteiger partial charge < -0.3 is 16.0 Å². The summed E-state index contributed by atoms with van der Waals surface area (Å²) >= 11 is 5.93. The van der Waals surface area contributed by atoms with Crippen molar-refractivity contribution in [2.24, 2.45) is 5.92 Å². The first kappa shape index (κ1) is 18.8. The van der Waals surface area contributed by atoms with E-state index in [-0.39, 0.29) is 23.8 Å². The highest BCUT2D eigenvalue weighted by atomic mass is 35.5. The quantitative estimate of drug-likeness (QED) is 0.737. The van der Waals surface area contributed by atoms with Crippen LogP contribution in [0.5, 0.6) is 0 Å². The van der Waals surface area contributed by atoms with Gasteiger partial charge in [0, 0.05) is 23.4 Å². The summed E-state index contributed by atoms with van der Waals surface area (Å²) in [6.45, 7) is 4.02. The van der Waals surface area contributed by atoms with E-state index in [1.807, 2.05) is 26.0 Å². The molecule has 0 aliphatic rings. The number of hydrogen-bond acceptors (Lipinski definition) is 2. The molecule has 132 valence electrons. The van der Waals surface area contributed by atoms with Crippen molar-refractivity contribution in [1.29, 1.82) is 0 Å². The van der Waals surface area contributed by atoms with Crippen molar-refractivity contribution >= 4 is 34.9 Å². The van der Waals surface area contributed by atoms with E-state index >= 15 is 0 Å². The third kappa shape index (κ3) is 5.22. The fraction of sp³-hybridized carbons (Fsp3) is 0.263. The van der Waals surface area contributed by atoms with Crippen molar-refractivity contribution in [2.75, 3.05) is 17.7 Å². The Kier molecular flexibility index (Phi) is 6.42. The molecule has 25 heavy (non-hydrogen) atoms. The van der Waals surface area contributed by atoms with Gasteiger partial charge in [-0.15, -0.1) is 0 Å². The fourth-order valence-corrected chi connectivity index (χ4v) is 2.69. The molecule has 3 N–H and O–H groups in total. The van der Waals surface area contributed by atoms with Gasteiger partial charge >= 0.3 is 6.03 Å². The van der Waals surface area contributed by atoms with Crippen molar-refractivity contribution < 1.29 is 9.59 Å². The van der Waals surface area contributed by atoms with E-state index in [0.717, 1.165) is 5.56 Å². The van der Waals surface area contributed by atoms with Crippen LogP contribution in [0.1, 0.15) is 25.3 Å². The number of amides is 3. The van der Waals surface area contributed by atoms with Crippen LogP contribution in [-0.4, -0.2) is 19.0 Å². The third-order valence-electron chi connectivity index (χ3n) is 3.82. The maximum Gasteiger partial charge on any atom is 0.318 e. The number of hydrogen-bond donors (Lipinski definition) is 3. The summed E-state index contributed by atoms with van der Waals surface area (Å²) in [5.41, 5.74) is 2.25. The van der Waals surface area contributed by atoms with E-state index < -0.39 is 0 Å². The molecule has 0 heterocycles. The highest BCUT2D eigenvalue weighted by Gasteiger charge is 2.24. The van der Waals surface area contributed by atoms with Gasteiger partial charge in [-0.3, -0.25) is 4.79 Å². The molecule has 0 aromatic heterocycles. The first-order chi connectivity index (χ1) is 11.9. The van der Waals surface area contributed by atoms with E-state index in [4.69, 9.17) is 11.6 Å². The Morgan fingerprint density at radius 2 is 1.40 bits per heavy atom. The van der Waals surface area contributed by atoms with Crippen molar-refractivity contribution in [2.45, 2.75) is 19.8 Å². The number of benzene rings is 2. The van der Waals surface area contributed by atoms with Gasteiger partial charge in [0.15, 0.2) is 0 Å². The summed E-state index contributed by atoms with van der Waals surface area (Å²) in [5.74, 6) is -0.222. The monoisotopic (exact) mass is 359 g/mol. The average molecular weight is 360 g/mol. The van der Waals surface area contributed by atoms with Crippen LogP contribution in [0, 0.1) is 5.92 Å². The smallest absolute Gasteiger partial charge is 0.318 e. The van der Waals surface area contributed by atoms with Crippen LogP contribution in [0.4, 0.5) is 16.2 Å². The Morgan fingerprint density at radius 1 is 0.880 bits per heavy atom. The Bertz CT molecular complexity index is 727. The van der Waals surface area contributed by atoms with Crippen LogP contribution in [0.3, 0.4) is 0 Å². The Morgan fingerprint density at radius 3 is 1.88 bits per heavy atom. The minimum absolute atomic E-state index is 0.0793. The van der Waals surface area contributed by atoms with Gasteiger partial charge in [0.05, 0.1) is 5.92 Å². The maximum absolute atomic E-state index is 12.7. The van der Waals surface area contributed by atoms with Gasteiger partial charge in [0.2, 0.25) is 5.91 Å². The highest BCUT2D eigenvalue weighted by Crippen LogP contribution is 2.27. The molecular formula is C19H22ClN3O2. The molecule has 2 aromatic rings. The molecule has 1 atom stereocenters. The second kappa shape index (κ2) is 8.53. The van der Waals surface area contributed by atoms with Gasteiger partial charge in [-0.05, 0) is 47.9 Å². The van der Waals surface area contributed by atoms with Gasteiger partial charge in [-0.1, -0.05) is 37.6 Å². The van der Waals surface area contributed by atoms with Crippen molar-refractivity contribution in [1.82, 2.24) is 5.32 Å². The van der Waals surface area contributed by atoms with Gasteiger partial charge in [0.25, 0.3) is 0 Å². The minimum Gasteiger partial charge on any atom is -0.341 e. The average Bonchev–Trinajstić information content (AvgIpc) is 2.58. The molecule has 3 amide bonds. The largest absolute Gasteiger partial charge is 0.341 e. The standard InChI is InChI=1S/C19H22ClN3O2/c1-12(2)17(13-4-6-14(20)7-5-13)18(24)22-15-8-10-16(11-9-15)23-19(25)21-3/h4-12,17H,1-3H3,(H,22,24)(H2,21,23,25). The Labute approximate surface area is 152 Å². The van der Waals surface area contributed by atoms with Crippen molar-refractivity contribution in [3.8, 4) is 0 Å². The Balaban J connectivity index is 2.10. The second-order valence-corrected chi connectivity index (χ2v) is 6.48. The summed E-state index contributed by atoms with van der Waals surface area (Å²) in [6.07, 6.45) is 0. The van der Waals surface area contributed by atoms with Crippen LogP contribution in [0.15, 0.2) is 48.5 Å². The molecule has 0 bridgehead atoms. The zero-order valence-corrected chi connectivity index (χ0v) is 15.2. The molecule has 0 aliphatic heterocycles.